The van der Waals surface area contributed by atoms with Crippen molar-refractivity contribution < 1.29 is 13.2 Å². The highest BCUT2D eigenvalue weighted by Crippen LogP contribution is 2.39. The van der Waals surface area contributed by atoms with Crippen LogP contribution in [0.2, 0.25) is 0 Å². The maximum absolute atomic E-state index is 12.6. The summed E-state index contributed by atoms with van der Waals surface area (Å²) < 4.78 is 37.9. The van der Waals surface area contributed by atoms with E-state index in [0.29, 0.717) is 6.42 Å². The van der Waals surface area contributed by atoms with Crippen molar-refractivity contribution in [3.63, 3.8) is 0 Å². The Morgan fingerprint density at radius 3 is 2.23 bits per heavy atom. The smallest absolute Gasteiger partial charge is 0.370 e. The van der Waals surface area contributed by atoms with Crippen molar-refractivity contribution in [2.45, 2.75) is 56.0 Å². The number of hydrogen-bond donors (Lipinski definition) is 2. The van der Waals surface area contributed by atoms with Crippen LogP contribution in [0.4, 0.5) is 13.2 Å². The van der Waals surface area contributed by atoms with E-state index in [0.717, 1.165) is 11.1 Å². The molecule has 0 heterocycles. The van der Waals surface area contributed by atoms with Gasteiger partial charge in [0.15, 0.2) is 5.96 Å². The van der Waals surface area contributed by atoms with Crippen LogP contribution >= 0.6 is 11.8 Å². The summed E-state index contributed by atoms with van der Waals surface area (Å²) in [6.45, 7) is 7.72. The second-order valence-electron chi connectivity index (χ2n) is 6.27. The number of guanidine groups is 1. The van der Waals surface area contributed by atoms with Crippen LogP contribution in [0, 0.1) is 0 Å². The third-order valence-electron chi connectivity index (χ3n) is 2.97. The van der Waals surface area contributed by atoms with Gasteiger partial charge in [-0.3, -0.25) is 4.99 Å². The molecular formula is C15H22F3N3S. The molecule has 0 radical (unpaired) electrons. The lowest BCUT2D eigenvalue weighted by molar-refractivity contribution is -0.0328. The number of alkyl halides is 3. The summed E-state index contributed by atoms with van der Waals surface area (Å²) in [6.07, 6.45) is 0.479. The molecular weight excluding hydrogens is 311 g/mol. The van der Waals surface area contributed by atoms with Gasteiger partial charge in [0.2, 0.25) is 0 Å². The molecule has 22 heavy (non-hydrogen) atoms. The predicted molar refractivity (Wildman–Crippen MR) is 86.0 cm³/mol. The molecule has 0 aromatic heterocycles. The van der Waals surface area contributed by atoms with Crippen molar-refractivity contribution in [3.8, 4) is 0 Å². The van der Waals surface area contributed by atoms with E-state index in [4.69, 9.17) is 11.5 Å². The number of thioether (sulfide) groups is 1. The Hall–Kier alpha value is -1.37. The van der Waals surface area contributed by atoms with E-state index >= 15 is 0 Å². The SMILES string of the molecule is C[C@@H](Cc1cc(SC(F)(F)F)cc(C(C)(C)C)c1)N=C(N)N. The molecule has 0 amide bonds. The minimum atomic E-state index is -4.31. The Kier molecular flexibility index (Phi) is 5.78. The average Bonchev–Trinajstić information content (AvgIpc) is 2.22. The van der Waals surface area contributed by atoms with Crippen LogP contribution in [0.15, 0.2) is 28.1 Å². The van der Waals surface area contributed by atoms with Crippen molar-refractivity contribution in [2.75, 3.05) is 0 Å². The van der Waals surface area contributed by atoms with E-state index in [2.05, 4.69) is 4.99 Å². The van der Waals surface area contributed by atoms with Crippen LogP contribution < -0.4 is 11.5 Å². The Bertz CT molecular complexity index is 544. The third kappa shape index (κ3) is 6.60. The van der Waals surface area contributed by atoms with E-state index < -0.39 is 5.51 Å². The van der Waals surface area contributed by atoms with Crippen LogP contribution in [0.3, 0.4) is 0 Å². The fourth-order valence-corrected chi connectivity index (χ4v) is 2.71. The molecule has 3 nitrogen and oxygen atoms in total. The van der Waals surface area contributed by atoms with Gasteiger partial charge in [-0.1, -0.05) is 26.8 Å². The lowest BCUT2D eigenvalue weighted by Crippen LogP contribution is -2.25. The highest BCUT2D eigenvalue weighted by molar-refractivity contribution is 8.00. The number of benzene rings is 1. The Labute approximate surface area is 133 Å². The molecule has 0 unspecified atom stereocenters. The zero-order valence-electron chi connectivity index (χ0n) is 13.2. The van der Waals surface area contributed by atoms with Gasteiger partial charge in [-0.2, -0.15) is 13.2 Å². The standard InChI is InChI=1S/C15H22F3N3S/c1-9(21-13(19)20)5-10-6-11(14(2,3)4)8-12(7-10)22-15(16,17)18/h6-9H,5H2,1-4H3,(H4,19,20,21)/t9-/m0/s1. The van der Waals surface area contributed by atoms with Crippen LogP contribution in [-0.4, -0.2) is 17.5 Å². The first-order valence-corrected chi connectivity index (χ1v) is 7.67. The second kappa shape index (κ2) is 6.81. The molecule has 1 rings (SSSR count). The van der Waals surface area contributed by atoms with E-state index in [9.17, 15) is 13.2 Å². The van der Waals surface area contributed by atoms with Crippen LogP contribution in [0.5, 0.6) is 0 Å². The predicted octanol–water partition coefficient (Wildman–Crippen LogP) is 3.80. The quantitative estimate of drug-likeness (QED) is 0.500. The molecule has 0 fully saturated rings. The molecule has 1 aromatic rings. The largest absolute Gasteiger partial charge is 0.446 e. The minimum Gasteiger partial charge on any atom is -0.370 e. The zero-order valence-corrected chi connectivity index (χ0v) is 14.0. The van der Waals surface area contributed by atoms with E-state index in [1.165, 1.54) is 0 Å². The van der Waals surface area contributed by atoms with E-state index in [-0.39, 0.29) is 34.1 Å². The summed E-state index contributed by atoms with van der Waals surface area (Å²) in [4.78, 5) is 4.20. The fraction of sp³-hybridized carbons (Fsp3) is 0.533. The third-order valence-corrected chi connectivity index (χ3v) is 3.67. The molecule has 0 aliphatic rings. The molecule has 0 saturated heterocycles. The zero-order chi connectivity index (χ0) is 17.1. The summed E-state index contributed by atoms with van der Waals surface area (Å²) in [5.41, 5.74) is 7.77. The summed E-state index contributed by atoms with van der Waals surface area (Å²) >= 11 is -0.0990. The summed E-state index contributed by atoms with van der Waals surface area (Å²) in [6, 6.07) is 4.86. The van der Waals surface area contributed by atoms with Crippen molar-refractivity contribution in [1.82, 2.24) is 0 Å². The summed E-state index contributed by atoms with van der Waals surface area (Å²) in [5, 5.41) is 0. The molecule has 0 bridgehead atoms. The lowest BCUT2D eigenvalue weighted by atomic mass is 9.85. The van der Waals surface area contributed by atoms with Crippen LogP contribution in [-0.2, 0) is 11.8 Å². The highest BCUT2D eigenvalue weighted by Gasteiger charge is 2.30. The minimum absolute atomic E-state index is 0.0237. The maximum atomic E-state index is 12.6. The maximum Gasteiger partial charge on any atom is 0.446 e. The number of nitrogens with two attached hydrogens (primary N) is 2. The summed E-state index contributed by atoms with van der Waals surface area (Å²) in [5.74, 6) is -0.0237. The van der Waals surface area contributed by atoms with Crippen molar-refractivity contribution in [3.05, 3.63) is 29.3 Å². The van der Waals surface area contributed by atoms with Crippen molar-refractivity contribution >= 4 is 17.7 Å². The molecule has 0 spiro atoms. The van der Waals surface area contributed by atoms with Gasteiger partial charge >= 0.3 is 5.51 Å². The monoisotopic (exact) mass is 333 g/mol. The average molecular weight is 333 g/mol. The van der Waals surface area contributed by atoms with Gasteiger partial charge in [0.05, 0.1) is 6.04 Å². The van der Waals surface area contributed by atoms with E-state index in [1.807, 2.05) is 33.8 Å². The van der Waals surface area contributed by atoms with Gasteiger partial charge in [-0.25, -0.2) is 0 Å². The topological polar surface area (TPSA) is 64.4 Å². The molecule has 124 valence electrons. The van der Waals surface area contributed by atoms with Gasteiger partial charge in [0.25, 0.3) is 0 Å². The number of nitrogens with zero attached hydrogens (tertiary/aromatic N) is 1. The Morgan fingerprint density at radius 2 is 1.77 bits per heavy atom. The first kappa shape index (κ1) is 18.7. The van der Waals surface area contributed by atoms with Gasteiger partial charge in [-0.15, -0.1) is 0 Å². The van der Waals surface area contributed by atoms with Gasteiger partial charge in [0, 0.05) is 4.90 Å². The molecule has 0 aliphatic carbocycles. The van der Waals surface area contributed by atoms with Crippen LogP contribution in [0.1, 0.15) is 38.8 Å². The fourth-order valence-electron chi connectivity index (χ4n) is 2.05. The number of rotatable bonds is 4. The lowest BCUT2D eigenvalue weighted by Gasteiger charge is -2.22. The molecule has 4 N–H and O–H groups in total. The molecule has 0 saturated carbocycles. The summed E-state index contributed by atoms with van der Waals surface area (Å²) in [7, 11) is 0. The molecule has 7 heteroatoms. The number of hydrogen-bond acceptors (Lipinski definition) is 2. The van der Waals surface area contributed by atoms with Crippen molar-refractivity contribution in [1.29, 1.82) is 0 Å². The second-order valence-corrected chi connectivity index (χ2v) is 7.41. The normalized spacial score (nSPS) is 13.8. The number of aliphatic imine (C=N–C) groups is 1. The molecule has 1 atom stereocenters. The first-order chi connectivity index (χ1) is 9.87. The molecule has 0 aliphatic heterocycles. The van der Waals surface area contributed by atoms with Gasteiger partial charge in [0.1, 0.15) is 0 Å². The number of halogens is 3. The van der Waals surface area contributed by atoms with Crippen molar-refractivity contribution in [2.24, 2.45) is 16.5 Å². The Balaban J connectivity index is 3.15. The first-order valence-electron chi connectivity index (χ1n) is 6.86. The van der Waals surface area contributed by atoms with Gasteiger partial charge < -0.3 is 11.5 Å². The van der Waals surface area contributed by atoms with Crippen LogP contribution in [0.25, 0.3) is 0 Å². The Morgan fingerprint density at radius 1 is 1.18 bits per heavy atom. The molecule has 1 aromatic carbocycles. The van der Waals surface area contributed by atoms with Gasteiger partial charge in [-0.05, 0) is 53.8 Å². The highest BCUT2D eigenvalue weighted by atomic mass is 32.2. The van der Waals surface area contributed by atoms with E-state index in [1.54, 1.807) is 12.1 Å².